The zero-order chi connectivity index (χ0) is 24.3. The number of rotatable bonds is 3. The fourth-order valence-corrected chi connectivity index (χ4v) is 4.94. The highest BCUT2D eigenvalue weighted by Crippen LogP contribution is 2.45. The number of carbonyl (C=O) groups is 1. The number of allylic oxidation sites excluding steroid dienone is 2. The molecule has 2 heterocycles. The van der Waals surface area contributed by atoms with Crippen molar-refractivity contribution >= 4 is 11.7 Å². The number of nitrogens with zero attached hydrogens (tertiary/aromatic N) is 3. The molecule has 1 aliphatic heterocycles. The first-order chi connectivity index (χ1) is 16.1. The Kier molecular flexibility index (Phi) is 5.15. The lowest BCUT2D eigenvalue weighted by Crippen LogP contribution is -2.36. The molecule has 2 aromatic carbocycles. The predicted octanol–water partition coefficient (Wildman–Crippen LogP) is 5.91. The molecular weight excluding hydrogens is 424 g/mol. The second-order valence-electron chi connectivity index (χ2n) is 11.2. The number of carbonyl (C=O) groups excluding carboxylic acids is 1. The third-order valence-corrected chi connectivity index (χ3v) is 6.77. The highest BCUT2D eigenvalue weighted by molar-refractivity contribution is 6.00. The van der Waals surface area contributed by atoms with E-state index in [0.717, 1.165) is 34.6 Å². The van der Waals surface area contributed by atoms with Gasteiger partial charge in [-0.3, -0.25) is 4.79 Å². The van der Waals surface area contributed by atoms with Gasteiger partial charge in [0.1, 0.15) is 11.8 Å². The quantitative estimate of drug-likeness (QED) is 0.531. The van der Waals surface area contributed by atoms with Gasteiger partial charge in [-0.05, 0) is 40.5 Å². The number of aromatic nitrogens is 3. The number of benzene rings is 2. The number of Topliss-reactive ketones (excluding diaryl/α,β-unsaturated/α-hetero) is 1. The average Bonchev–Trinajstić information content (AvgIpc) is 3.20. The van der Waals surface area contributed by atoms with Crippen LogP contribution in [0.25, 0.3) is 11.4 Å². The first-order valence-electron chi connectivity index (χ1n) is 11.8. The standard InChI is InChI=1S/C28H32N4O2/c1-27(2,3)19-11-7-18(8-12-19)25-30-26-29-21-15-28(4,5)16-22(33)23(21)24(32(26)31-25)17-9-13-20(34-6)14-10-17/h7-14,24H,15-16H2,1-6H3,(H,29,30,31). The van der Waals surface area contributed by atoms with Crippen LogP contribution in [0, 0.1) is 5.41 Å². The Hall–Kier alpha value is -3.41. The number of hydrogen-bond donors (Lipinski definition) is 1. The van der Waals surface area contributed by atoms with Crippen molar-refractivity contribution in [3.05, 3.63) is 70.9 Å². The van der Waals surface area contributed by atoms with Gasteiger partial charge >= 0.3 is 0 Å². The van der Waals surface area contributed by atoms with Gasteiger partial charge in [0, 0.05) is 23.3 Å². The van der Waals surface area contributed by atoms with Gasteiger partial charge in [-0.15, -0.1) is 5.10 Å². The monoisotopic (exact) mass is 456 g/mol. The fraction of sp³-hybridized carbons (Fsp3) is 0.393. The number of ether oxygens (including phenoxy) is 1. The van der Waals surface area contributed by atoms with Gasteiger partial charge < -0.3 is 10.1 Å². The first-order valence-corrected chi connectivity index (χ1v) is 11.8. The lowest BCUT2D eigenvalue weighted by Gasteiger charge is -2.38. The molecule has 0 bridgehead atoms. The summed E-state index contributed by atoms with van der Waals surface area (Å²) in [7, 11) is 1.65. The van der Waals surface area contributed by atoms with Crippen molar-refractivity contribution in [2.45, 2.75) is 58.9 Å². The van der Waals surface area contributed by atoms with Crippen molar-refractivity contribution in [3.8, 4) is 17.1 Å². The highest BCUT2D eigenvalue weighted by atomic mass is 16.5. The van der Waals surface area contributed by atoms with Gasteiger partial charge in [0.05, 0.1) is 7.11 Å². The van der Waals surface area contributed by atoms with E-state index in [1.807, 2.05) is 28.9 Å². The first kappa shape index (κ1) is 22.4. The normalized spacial score (nSPS) is 19.4. The summed E-state index contributed by atoms with van der Waals surface area (Å²) in [6, 6.07) is 16.0. The molecule has 0 saturated carbocycles. The minimum Gasteiger partial charge on any atom is -0.497 e. The average molecular weight is 457 g/mol. The zero-order valence-corrected chi connectivity index (χ0v) is 20.8. The molecule has 3 aromatic rings. The van der Waals surface area contributed by atoms with Crippen LogP contribution in [0.1, 0.15) is 64.6 Å². The molecule has 2 aliphatic rings. The minimum absolute atomic E-state index is 0.0799. The Morgan fingerprint density at radius 3 is 2.32 bits per heavy atom. The lowest BCUT2D eigenvalue weighted by atomic mass is 9.73. The fourth-order valence-electron chi connectivity index (χ4n) is 4.94. The minimum atomic E-state index is -0.323. The molecule has 0 radical (unpaired) electrons. The van der Waals surface area contributed by atoms with Gasteiger partial charge in [0.15, 0.2) is 11.6 Å². The third kappa shape index (κ3) is 3.91. The van der Waals surface area contributed by atoms with Crippen LogP contribution < -0.4 is 10.1 Å². The summed E-state index contributed by atoms with van der Waals surface area (Å²) in [6.45, 7) is 10.9. The van der Waals surface area contributed by atoms with Gasteiger partial charge in [0.25, 0.3) is 0 Å². The molecule has 1 aliphatic carbocycles. The summed E-state index contributed by atoms with van der Waals surface area (Å²) in [5.41, 5.74) is 4.93. The van der Waals surface area contributed by atoms with Crippen LogP contribution in [0.3, 0.4) is 0 Å². The van der Waals surface area contributed by atoms with Crippen LogP contribution in [-0.4, -0.2) is 27.7 Å². The molecule has 1 N–H and O–H groups in total. The molecule has 1 atom stereocenters. The number of hydrogen-bond acceptors (Lipinski definition) is 5. The van der Waals surface area contributed by atoms with E-state index in [4.69, 9.17) is 14.8 Å². The van der Waals surface area contributed by atoms with E-state index in [-0.39, 0.29) is 22.7 Å². The highest BCUT2D eigenvalue weighted by Gasteiger charge is 2.41. The van der Waals surface area contributed by atoms with E-state index in [9.17, 15) is 4.79 Å². The lowest BCUT2D eigenvalue weighted by molar-refractivity contribution is -0.118. The summed E-state index contributed by atoms with van der Waals surface area (Å²) in [5.74, 6) is 2.26. The maximum Gasteiger partial charge on any atom is 0.226 e. The Labute approximate surface area is 201 Å². The Morgan fingerprint density at radius 2 is 1.71 bits per heavy atom. The zero-order valence-electron chi connectivity index (χ0n) is 20.8. The van der Waals surface area contributed by atoms with Gasteiger partial charge in [0.2, 0.25) is 5.95 Å². The van der Waals surface area contributed by atoms with Gasteiger partial charge in [-0.25, -0.2) is 4.68 Å². The molecular formula is C28H32N4O2. The molecule has 6 nitrogen and oxygen atoms in total. The van der Waals surface area contributed by atoms with Crippen molar-refractivity contribution < 1.29 is 9.53 Å². The maximum absolute atomic E-state index is 13.4. The summed E-state index contributed by atoms with van der Waals surface area (Å²) in [5, 5.41) is 8.36. The topological polar surface area (TPSA) is 69.0 Å². The summed E-state index contributed by atoms with van der Waals surface area (Å²) in [6.07, 6.45) is 1.31. The Morgan fingerprint density at radius 1 is 1.03 bits per heavy atom. The number of nitrogens with one attached hydrogen (secondary N) is 1. The molecule has 1 unspecified atom stereocenters. The smallest absolute Gasteiger partial charge is 0.226 e. The van der Waals surface area contributed by atoms with Crippen LogP contribution in [-0.2, 0) is 10.2 Å². The molecule has 5 rings (SSSR count). The number of anilines is 1. The number of fused-ring (bicyclic) bond motifs is 1. The SMILES string of the molecule is COc1ccc(C2C3=C(CC(C)(C)CC3=O)Nc3nc(-c4ccc(C(C)(C)C)cc4)nn32)cc1. The molecule has 34 heavy (non-hydrogen) atoms. The van der Waals surface area contributed by atoms with E-state index in [1.54, 1.807) is 7.11 Å². The molecule has 0 amide bonds. The second kappa shape index (κ2) is 7.83. The molecule has 176 valence electrons. The van der Waals surface area contributed by atoms with Crippen molar-refractivity contribution in [1.82, 2.24) is 14.8 Å². The van der Waals surface area contributed by atoms with Crippen LogP contribution in [0.15, 0.2) is 59.8 Å². The van der Waals surface area contributed by atoms with Crippen molar-refractivity contribution in [2.24, 2.45) is 5.41 Å². The van der Waals surface area contributed by atoms with Crippen LogP contribution >= 0.6 is 0 Å². The Bertz CT molecular complexity index is 1280. The van der Waals surface area contributed by atoms with Crippen molar-refractivity contribution in [3.63, 3.8) is 0 Å². The van der Waals surface area contributed by atoms with E-state index in [1.165, 1.54) is 5.56 Å². The van der Waals surface area contributed by atoms with E-state index < -0.39 is 0 Å². The second-order valence-corrected chi connectivity index (χ2v) is 11.2. The maximum atomic E-state index is 13.4. The summed E-state index contributed by atoms with van der Waals surface area (Å²) in [4.78, 5) is 18.2. The number of ketones is 1. The molecule has 6 heteroatoms. The Balaban J connectivity index is 1.61. The van der Waals surface area contributed by atoms with Crippen LogP contribution in [0.4, 0.5) is 5.95 Å². The predicted molar refractivity (Wildman–Crippen MR) is 134 cm³/mol. The molecule has 0 saturated heterocycles. The number of methoxy groups -OCH3 is 1. The molecule has 0 fully saturated rings. The van der Waals surface area contributed by atoms with E-state index in [2.05, 4.69) is 64.2 Å². The van der Waals surface area contributed by atoms with Crippen molar-refractivity contribution in [1.29, 1.82) is 0 Å². The van der Waals surface area contributed by atoms with Gasteiger partial charge in [-0.1, -0.05) is 71.0 Å². The molecule has 1 aromatic heterocycles. The molecule has 0 spiro atoms. The van der Waals surface area contributed by atoms with E-state index >= 15 is 0 Å². The van der Waals surface area contributed by atoms with E-state index in [0.29, 0.717) is 18.2 Å². The van der Waals surface area contributed by atoms with Gasteiger partial charge in [-0.2, -0.15) is 4.98 Å². The summed E-state index contributed by atoms with van der Waals surface area (Å²) < 4.78 is 7.22. The third-order valence-electron chi connectivity index (χ3n) is 6.77. The van der Waals surface area contributed by atoms with Crippen molar-refractivity contribution in [2.75, 3.05) is 12.4 Å². The van der Waals surface area contributed by atoms with Crippen LogP contribution in [0.2, 0.25) is 0 Å². The van der Waals surface area contributed by atoms with Crippen LogP contribution in [0.5, 0.6) is 5.75 Å². The summed E-state index contributed by atoms with van der Waals surface area (Å²) >= 11 is 0. The largest absolute Gasteiger partial charge is 0.497 e.